The lowest BCUT2D eigenvalue weighted by molar-refractivity contribution is -0.114. The van der Waals surface area contributed by atoms with Gasteiger partial charge in [0.15, 0.2) is 0 Å². The Labute approximate surface area is 115 Å². The Balaban J connectivity index is 2.02. The fourth-order valence-electron chi connectivity index (χ4n) is 1.73. The number of aliphatic hydroxyl groups is 1. The second-order valence-corrected chi connectivity index (χ2v) is 5.33. The Morgan fingerprint density at radius 1 is 1.47 bits per heavy atom. The number of carbonyl (C=O) groups is 2. The van der Waals surface area contributed by atoms with E-state index in [0.717, 1.165) is 10.6 Å². The van der Waals surface area contributed by atoms with Crippen LogP contribution >= 0.6 is 11.8 Å². The van der Waals surface area contributed by atoms with Gasteiger partial charge in [0, 0.05) is 10.6 Å². The molecular formula is C13H15NO4S. The lowest BCUT2D eigenvalue weighted by Crippen LogP contribution is -2.25. The number of rotatable bonds is 5. The molecular weight excluding hydrogens is 266 g/mol. The highest BCUT2D eigenvalue weighted by atomic mass is 32.2. The average Bonchev–Trinajstić information content (AvgIpc) is 2.78. The number of thioether (sulfide) groups is 1. The van der Waals surface area contributed by atoms with Crippen molar-refractivity contribution in [1.82, 2.24) is 0 Å². The van der Waals surface area contributed by atoms with Crippen LogP contribution in [0.1, 0.15) is 6.92 Å². The maximum Gasteiger partial charge on any atom is 0.414 e. The minimum atomic E-state index is -0.459. The second kappa shape index (κ2) is 6.08. The lowest BCUT2D eigenvalue weighted by atomic mass is 10.3. The van der Waals surface area contributed by atoms with Crippen molar-refractivity contribution in [2.45, 2.75) is 17.9 Å². The van der Waals surface area contributed by atoms with Gasteiger partial charge in [-0.1, -0.05) is 0 Å². The number of benzene rings is 1. The van der Waals surface area contributed by atoms with E-state index in [1.165, 1.54) is 16.7 Å². The molecule has 1 atom stereocenters. The number of cyclic esters (lactones) is 1. The van der Waals surface area contributed by atoms with E-state index in [-0.39, 0.29) is 12.4 Å². The van der Waals surface area contributed by atoms with Crippen LogP contribution in [0.15, 0.2) is 29.2 Å². The molecule has 1 fully saturated rings. The quantitative estimate of drug-likeness (QED) is 0.832. The molecule has 1 aliphatic rings. The Bertz CT molecular complexity index is 474. The molecule has 5 nitrogen and oxygen atoms in total. The predicted molar refractivity (Wildman–Crippen MR) is 72.5 cm³/mol. The molecule has 1 amide bonds. The van der Waals surface area contributed by atoms with Gasteiger partial charge in [-0.3, -0.25) is 9.69 Å². The molecule has 102 valence electrons. The van der Waals surface area contributed by atoms with Crippen LogP contribution in [0.4, 0.5) is 10.5 Å². The smallest absolute Gasteiger partial charge is 0.414 e. The normalized spacial score (nSPS) is 18.5. The number of Topliss-reactive ketones (excluding diaryl/α,β-unsaturated/α-hetero) is 1. The molecule has 1 aromatic carbocycles. The summed E-state index contributed by atoms with van der Waals surface area (Å²) in [5, 5.41) is 8.98. The summed E-state index contributed by atoms with van der Waals surface area (Å²) < 4.78 is 4.97. The number of nitrogens with zero attached hydrogens (tertiary/aromatic N) is 1. The third kappa shape index (κ3) is 3.48. The Morgan fingerprint density at radius 3 is 2.68 bits per heavy atom. The van der Waals surface area contributed by atoms with Gasteiger partial charge in [-0.05, 0) is 31.2 Å². The molecule has 0 spiro atoms. The van der Waals surface area contributed by atoms with Crippen LogP contribution in [-0.4, -0.2) is 42.0 Å². The first-order chi connectivity index (χ1) is 9.10. The highest BCUT2D eigenvalue weighted by molar-refractivity contribution is 8.00. The number of carbonyl (C=O) groups excluding carboxylic acids is 2. The first kappa shape index (κ1) is 13.9. The van der Waals surface area contributed by atoms with Crippen molar-refractivity contribution < 1.29 is 19.4 Å². The number of ketones is 1. The SMILES string of the molecule is CC(=O)CSc1ccc(N2CC(CO)OC2=O)cc1. The minimum absolute atomic E-state index is 0.128. The number of anilines is 1. The van der Waals surface area contributed by atoms with Crippen LogP contribution in [0.25, 0.3) is 0 Å². The fourth-order valence-corrected chi connectivity index (χ4v) is 2.43. The summed E-state index contributed by atoms with van der Waals surface area (Å²) in [6.45, 7) is 1.74. The molecule has 0 bridgehead atoms. The number of amides is 1. The lowest BCUT2D eigenvalue weighted by Gasteiger charge is -2.13. The second-order valence-electron chi connectivity index (χ2n) is 4.28. The number of hydrogen-bond donors (Lipinski definition) is 1. The van der Waals surface area contributed by atoms with E-state index >= 15 is 0 Å². The number of aliphatic hydroxyl groups excluding tert-OH is 1. The van der Waals surface area contributed by atoms with Gasteiger partial charge in [-0.15, -0.1) is 11.8 Å². The topological polar surface area (TPSA) is 66.8 Å². The highest BCUT2D eigenvalue weighted by Crippen LogP contribution is 2.25. The van der Waals surface area contributed by atoms with E-state index in [0.29, 0.717) is 12.3 Å². The largest absolute Gasteiger partial charge is 0.441 e. The molecule has 1 aliphatic heterocycles. The van der Waals surface area contributed by atoms with Crippen molar-refractivity contribution in [2.24, 2.45) is 0 Å². The zero-order chi connectivity index (χ0) is 13.8. The molecule has 0 radical (unpaired) electrons. The third-order valence-electron chi connectivity index (χ3n) is 2.67. The zero-order valence-corrected chi connectivity index (χ0v) is 11.4. The molecule has 1 unspecified atom stereocenters. The van der Waals surface area contributed by atoms with Crippen LogP contribution in [0.5, 0.6) is 0 Å². The van der Waals surface area contributed by atoms with Gasteiger partial charge in [0.05, 0.1) is 18.9 Å². The summed E-state index contributed by atoms with van der Waals surface area (Å²) in [7, 11) is 0. The number of hydrogen-bond acceptors (Lipinski definition) is 5. The van der Waals surface area contributed by atoms with Gasteiger partial charge in [0.1, 0.15) is 11.9 Å². The number of ether oxygens (including phenoxy) is 1. The fraction of sp³-hybridized carbons (Fsp3) is 0.385. The van der Waals surface area contributed by atoms with E-state index in [1.807, 2.05) is 24.3 Å². The zero-order valence-electron chi connectivity index (χ0n) is 10.5. The van der Waals surface area contributed by atoms with E-state index in [1.54, 1.807) is 6.92 Å². The summed E-state index contributed by atoms with van der Waals surface area (Å²) in [4.78, 5) is 24.9. The summed E-state index contributed by atoms with van der Waals surface area (Å²) in [6.07, 6.45) is -0.901. The monoisotopic (exact) mass is 281 g/mol. The minimum Gasteiger partial charge on any atom is -0.441 e. The molecule has 1 saturated heterocycles. The maximum atomic E-state index is 11.6. The molecule has 1 aromatic rings. The molecule has 1 heterocycles. The van der Waals surface area contributed by atoms with Gasteiger partial charge in [-0.2, -0.15) is 0 Å². The predicted octanol–water partition coefficient (Wildman–Crippen LogP) is 1.69. The van der Waals surface area contributed by atoms with E-state index in [9.17, 15) is 9.59 Å². The van der Waals surface area contributed by atoms with Gasteiger partial charge in [0.2, 0.25) is 0 Å². The van der Waals surface area contributed by atoms with E-state index in [4.69, 9.17) is 9.84 Å². The van der Waals surface area contributed by atoms with Crippen LogP contribution in [-0.2, 0) is 9.53 Å². The Hall–Kier alpha value is -1.53. The van der Waals surface area contributed by atoms with Crippen molar-refractivity contribution in [1.29, 1.82) is 0 Å². The van der Waals surface area contributed by atoms with Crippen LogP contribution in [0.3, 0.4) is 0 Å². The van der Waals surface area contributed by atoms with Gasteiger partial charge in [-0.25, -0.2) is 4.79 Å². The summed E-state index contributed by atoms with van der Waals surface area (Å²) in [5.74, 6) is 0.570. The van der Waals surface area contributed by atoms with Gasteiger partial charge < -0.3 is 9.84 Å². The van der Waals surface area contributed by atoms with Crippen molar-refractivity contribution in [3.8, 4) is 0 Å². The van der Waals surface area contributed by atoms with Crippen molar-refractivity contribution in [3.05, 3.63) is 24.3 Å². The molecule has 2 rings (SSSR count). The highest BCUT2D eigenvalue weighted by Gasteiger charge is 2.31. The average molecular weight is 281 g/mol. The first-order valence-electron chi connectivity index (χ1n) is 5.91. The maximum absolute atomic E-state index is 11.6. The van der Waals surface area contributed by atoms with E-state index in [2.05, 4.69) is 0 Å². The molecule has 1 N–H and O–H groups in total. The summed E-state index contributed by atoms with van der Waals surface area (Å²) in [5.41, 5.74) is 0.730. The molecule has 0 aromatic heterocycles. The van der Waals surface area contributed by atoms with E-state index < -0.39 is 12.2 Å². The molecule has 0 aliphatic carbocycles. The van der Waals surface area contributed by atoms with Crippen LogP contribution in [0.2, 0.25) is 0 Å². The van der Waals surface area contributed by atoms with Crippen molar-refractivity contribution >= 4 is 29.3 Å². The summed E-state index contributed by atoms with van der Waals surface area (Å²) >= 11 is 1.46. The van der Waals surface area contributed by atoms with Gasteiger partial charge >= 0.3 is 6.09 Å². The Kier molecular flexibility index (Phi) is 4.44. The summed E-state index contributed by atoms with van der Waals surface area (Å²) in [6, 6.07) is 7.35. The molecule has 6 heteroatoms. The third-order valence-corrected chi connectivity index (χ3v) is 3.82. The van der Waals surface area contributed by atoms with Crippen molar-refractivity contribution in [3.63, 3.8) is 0 Å². The van der Waals surface area contributed by atoms with Crippen LogP contribution in [0, 0.1) is 0 Å². The molecule has 0 saturated carbocycles. The standard InChI is InChI=1S/C13H15NO4S/c1-9(16)8-19-12-4-2-10(3-5-12)14-6-11(7-15)18-13(14)17/h2-5,11,15H,6-8H2,1H3. The van der Waals surface area contributed by atoms with Gasteiger partial charge in [0.25, 0.3) is 0 Å². The Morgan fingerprint density at radius 2 is 2.16 bits per heavy atom. The molecule has 19 heavy (non-hydrogen) atoms. The van der Waals surface area contributed by atoms with Crippen LogP contribution < -0.4 is 4.90 Å². The first-order valence-corrected chi connectivity index (χ1v) is 6.90. The van der Waals surface area contributed by atoms with Crippen molar-refractivity contribution in [2.75, 3.05) is 23.8 Å².